The zero-order valence-electron chi connectivity index (χ0n) is 8.18. The molecule has 0 aliphatic carbocycles. The van der Waals surface area contributed by atoms with Crippen LogP contribution >= 0.6 is 24.0 Å². The number of hydrogen-bond acceptors (Lipinski definition) is 4. The Labute approximate surface area is 103 Å². The van der Waals surface area contributed by atoms with Gasteiger partial charge in [0.1, 0.15) is 5.75 Å². The van der Waals surface area contributed by atoms with Crippen LogP contribution in [-0.2, 0) is 0 Å². The molecule has 0 fully saturated rings. The summed E-state index contributed by atoms with van der Waals surface area (Å²) in [6, 6.07) is 2.43. The van der Waals surface area contributed by atoms with Gasteiger partial charge in [-0.2, -0.15) is 0 Å². The molecular weight excluding hydrogens is 255 g/mol. The predicted octanol–water partition coefficient (Wildman–Crippen LogP) is 2.45. The Bertz CT molecular complexity index is 425. The molecule has 0 spiro atoms. The highest BCUT2D eigenvalue weighted by molar-refractivity contribution is 6.32. The van der Waals surface area contributed by atoms with Crippen molar-refractivity contribution in [3.8, 4) is 5.75 Å². The van der Waals surface area contributed by atoms with Gasteiger partial charge in [-0.1, -0.05) is 11.6 Å². The smallest absolute Gasteiger partial charge is 0.278 e. The molecule has 2 N–H and O–H groups in total. The molecule has 16 heavy (non-hydrogen) atoms. The van der Waals surface area contributed by atoms with Crippen molar-refractivity contribution in [2.45, 2.75) is 12.5 Å². The maximum absolute atomic E-state index is 10.8. The number of hydrogen-bond donors (Lipinski definition) is 1. The minimum absolute atomic E-state index is 0. The SMILES string of the molecule is Cl.N[C@@H]1CCOc2c(Cl)ccc([N+](=O)[O-])c21. The summed E-state index contributed by atoms with van der Waals surface area (Å²) in [7, 11) is 0. The average Bonchev–Trinajstić information content (AvgIpc) is 2.19. The zero-order chi connectivity index (χ0) is 11.0. The van der Waals surface area contributed by atoms with E-state index < -0.39 is 4.92 Å². The number of benzene rings is 1. The molecule has 0 saturated heterocycles. The van der Waals surface area contributed by atoms with Crippen molar-refractivity contribution in [1.82, 2.24) is 0 Å². The summed E-state index contributed by atoms with van der Waals surface area (Å²) in [5.74, 6) is 0.351. The fourth-order valence-electron chi connectivity index (χ4n) is 1.66. The lowest BCUT2D eigenvalue weighted by molar-refractivity contribution is -0.385. The predicted molar refractivity (Wildman–Crippen MR) is 62.4 cm³/mol. The highest BCUT2D eigenvalue weighted by Gasteiger charge is 2.29. The molecule has 1 aromatic carbocycles. The van der Waals surface area contributed by atoms with Gasteiger partial charge in [-0.3, -0.25) is 10.1 Å². The Morgan fingerprint density at radius 3 is 2.88 bits per heavy atom. The lowest BCUT2D eigenvalue weighted by Crippen LogP contribution is -2.22. The van der Waals surface area contributed by atoms with Crippen molar-refractivity contribution in [3.05, 3.63) is 32.8 Å². The van der Waals surface area contributed by atoms with Gasteiger partial charge in [0.25, 0.3) is 5.69 Å². The van der Waals surface area contributed by atoms with Crippen LogP contribution < -0.4 is 10.5 Å². The molecule has 5 nitrogen and oxygen atoms in total. The molecule has 1 atom stereocenters. The molecular formula is C9H10Cl2N2O3. The van der Waals surface area contributed by atoms with E-state index in [0.717, 1.165) is 0 Å². The summed E-state index contributed by atoms with van der Waals surface area (Å²) in [5.41, 5.74) is 6.19. The van der Waals surface area contributed by atoms with Gasteiger partial charge in [-0.05, 0) is 6.07 Å². The van der Waals surface area contributed by atoms with Crippen molar-refractivity contribution >= 4 is 29.7 Å². The summed E-state index contributed by atoms with van der Waals surface area (Å²) in [6.07, 6.45) is 0.564. The van der Waals surface area contributed by atoms with Crippen molar-refractivity contribution in [2.75, 3.05) is 6.61 Å². The van der Waals surface area contributed by atoms with Gasteiger partial charge in [0.2, 0.25) is 0 Å². The van der Waals surface area contributed by atoms with Crippen molar-refractivity contribution in [2.24, 2.45) is 5.73 Å². The van der Waals surface area contributed by atoms with Crippen LogP contribution in [0.4, 0.5) is 5.69 Å². The molecule has 2 rings (SSSR count). The third-order valence-electron chi connectivity index (χ3n) is 2.37. The van der Waals surface area contributed by atoms with Crippen LogP contribution in [0.25, 0.3) is 0 Å². The molecule has 1 heterocycles. The molecule has 0 aromatic heterocycles. The summed E-state index contributed by atoms with van der Waals surface area (Å²) < 4.78 is 5.30. The second-order valence-corrected chi connectivity index (χ2v) is 3.72. The van der Waals surface area contributed by atoms with Crippen LogP contribution in [0.2, 0.25) is 5.02 Å². The first-order valence-corrected chi connectivity index (χ1v) is 4.84. The topological polar surface area (TPSA) is 78.4 Å². The summed E-state index contributed by atoms with van der Waals surface area (Å²) >= 11 is 5.88. The van der Waals surface area contributed by atoms with Crippen LogP contribution in [0.5, 0.6) is 5.75 Å². The summed E-state index contributed by atoms with van der Waals surface area (Å²) in [6.45, 7) is 0.440. The van der Waals surface area contributed by atoms with Gasteiger partial charge in [0.15, 0.2) is 0 Å². The monoisotopic (exact) mass is 264 g/mol. The van der Waals surface area contributed by atoms with Gasteiger partial charge < -0.3 is 10.5 Å². The highest BCUT2D eigenvalue weighted by Crippen LogP contribution is 2.42. The third-order valence-corrected chi connectivity index (χ3v) is 2.67. The molecule has 7 heteroatoms. The van der Waals surface area contributed by atoms with Crippen molar-refractivity contribution < 1.29 is 9.66 Å². The average molecular weight is 265 g/mol. The number of nitro benzene ring substituents is 1. The number of fused-ring (bicyclic) bond motifs is 1. The number of nitro groups is 1. The quantitative estimate of drug-likeness (QED) is 0.624. The highest BCUT2D eigenvalue weighted by atomic mass is 35.5. The fraction of sp³-hybridized carbons (Fsp3) is 0.333. The minimum Gasteiger partial charge on any atom is -0.491 e. The standard InChI is InChI=1S/C9H9ClN2O3.ClH/c10-5-1-2-7(12(13)14)8-6(11)3-4-15-9(5)8;/h1-2,6H,3-4,11H2;1H/t6-;/m1./s1. The Balaban J connectivity index is 0.00000128. The zero-order valence-corrected chi connectivity index (χ0v) is 9.75. The van der Waals surface area contributed by atoms with Crippen LogP contribution in [0.1, 0.15) is 18.0 Å². The van der Waals surface area contributed by atoms with E-state index in [0.29, 0.717) is 29.4 Å². The van der Waals surface area contributed by atoms with Gasteiger partial charge in [0.05, 0.1) is 22.1 Å². The molecule has 1 aromatic rings. The number of halogens is 2. The maximum Gasteiger partial charge on any atom is 0.278 e. The molecule has 0 bridgehead atoms. The van der Waals surface area contributed by atoms with E-state index in [1.807, 2.05) is 0 Å². The molecule has 88 valence electrons. The van der Waals surface area contributed by atoms with E-state index >= 15 is 0 Å². The van der Waals surface area contributed by atoms with Crippen LogP contribution in [0.15, 0.2) is 12.1 Å². The molecule has 0 unspecified atom stereocenters. The van der Waals surface area contributed by atoms with Crippen molar-refractivity contribution in [1.29, 1.82) is 0 Å². The number of nitrogens with two attached hydrogens (primary N) is 1. The Morgan fingerprint density at radius 1 is 1.56 bits per heavy atom. The molecule has 0 amide bonds. The minimum atomic E-state index is -0.469. The Hall–Kier alpha value is -1.04. The van der Waals surface area contributed by atoms with Gasteiger partial charge >= 0.3 is 0 Å². The van der Waals surface area contributed by atoms with Crippen LogP contribution in [-0.4, -0.2) is 11.5 Å². The second-order valence-electron chi connectivity index (χ2n) is 3.31. The first-order valence-electron chi connectivity index (χ1n) is 4.46. The van der Waals surface area contributed by atoms with Gasteiger partial charge in [-0.25, -0.2) is 0 Å². The lowest BCUT2D eigenvalue weighted by Gasteiger charge is -2.23. The van der Waals surface area contributed by atoms with E-state index in [1.165, 1.54) is 12.1 Å². The first-order chi connectivity index (χ1) is 7.11. The normalized spacial score (nSPS) is 18.0. The van der Waals surface area contributed by atoms with Crippen LogP contribution in [0, 0.1) is 10.1 Å². The lowest BCUT2D eigenvalue weighted by atomic mass is 9.99. The van der Waals surface area contributed by atoms with E-state index in [9.17, 15) is 10.1 Å². The molecule has 1 aliphatic heterocycles. The van der Waals surface area contributed by atoms with Gasteiger partial charge in [-0.15, -0.1) is 12.4 Å². The van der Waals surface area contributed by atoms with E-state index in [-0.39, 0.29) is 24.1 Å². The first kappa shape index (κ1) is 13.0. The third kappa shape index (κ3) is 2.07. The molecule has 0 radical (unpaired) electrons. The number of nitrogens with zero attached hydrogens (tertiary/aromatic N) is 1. The van der Waals surface area contributed by atoms with Crippen molar-refractivity contribution in [3.63, 3.8) is 0 Å². The largest absolute Gasteiger partial charge is 0.491 e. The Kier molecular flexibility index (Phi) is 3.96. The van der Waals surface area contributed by atoms with Gasteiger partial charge in [0, 0.05) is 18.5 Å². The van der Waals surface area contributed by atoms with E-state index in [2.05, 4.69) is 0 Å². The number of ether oxygens (including phenoxy) is 1. The molecule has 0 saturated carbocycles. The second kappa shape index (κ2) is 4.86. The maximum atomic E-state index is 10.8. The van der Waals surface area contributed by atoms with E-state index in [1.54, 1.807) is 0 Å². The van der Waals surface area contributed by atoms with E-state index in [4.69, 9.17) is 22.1 Å². The summed E-state index contributed by atoms with van der Waals surface area (Å²) in [4.78, 5) is 10.3. The molecule has 1 aliphatic rings. The Morgan fingerprint density at radius 2 is 2.25 bits per heavy atom. The van der Waals surface area contributed by atoms with Crippen LogP contribution in [0.3, 0.4) is 0 Å². The summed E-state index contributed by atoms with van der Waals surface area (Å²) in [5, 5.41) is 11.1. The fourth-order valence-corrected chi connectivity index (χ4v) is 1.88. The number of rotatable bonds is 1.